The molecule has 6 rings (SSSR count). The fourth-order valence-corrected chi connectivity index (χ4v) is 5.72. The first kappa shape index (κ1) is 19.7. The summed E-state index contributed by atoms with van der Waals surface area (Å²) in [6.45, 7) is 7.58. The van der Waals surface area contributed by atoms with Gasteiger partial charge in [-0.3, -0.25) is 0 Å². The van der Waals surface area contributed by atoms with Gasteiger partial charge in [0.2, 0.25) is 0 Å². The molecule has 3 heterocycles. The molecule has 1 spiro atoms. The number of fused-ring (bicyclic) bond motifs is 1. The van der Waals surface area contributed by atoms with Crippen LogP contribution in [0.1, 0.15) is 45.6 Å². The lowest BCUT2D eigenvalue weighted by atomic mass is 9.76. The van der Waals surface area contributed by atoms with E-state index in [1.165, 1.54) is 0 Å². The van der Waals surface area contributed by atoms with Gasteiger partial charge in [-0.1, -0.05) is 26.0 Å². The Labute approximate surface area is 187 Å². The van der Waals surface area contributed by atoms with Crippen molar-refractivity contribution < 1.29 is 5.11 Å². The number of aliphatic hydroxyl groups is 1. The number of nitriles is 1. The van der Waals surface area contributed by atoms with Gasteiger partial charge in [0.05, 0.1) is 28.8 Å². The average Bonchev–Trinajstić information content (AvgIpc) is 3.66. The Kier molecular flexibility index (Phi) is 3.87. The maximum Gasteiger partial charge on any atom is 0.159 e. The van der Waals surface area contributed by atoms with Gasteiger partial charge in [-0.05, 0) is 43.2 Å². The highest BCUT2D eigenvalue weighted by Gasteiger charge is 2.75. The summed E-state index contributed by atoms with van der Waals surface area (Å²) in [5.74, 6) is 1.82. The zero-order valence-corrected chi connectivity index (χ0v) is 18.8. The van der Waals surface area contributed by atoms with Gasteiger partial charge in [0.15, 0.2) is 5.82 Å². The number of anilines is 1. The van der Waals surface area contributed by atoms with Gasteiger partial charge in [-0.15, -0.1) is 0 Å². The van der Waals surface area contributed by atoms with E-state index >= 15 is 0 Å². The van der Waals surface area contributed by atoms with Crippen molar-refractivity contribution in [1.29, 1.82) is 5.26 Å². The van der Waals surface area contributed by atoms with E-state index in [1.54, 1.807) is 6.33 Å². The van der Waals surface area contributed by atoms with Crippen LogP contribution in [0.5, 0.6) is 0 Å². The molecule has 164 valence electrons. The predicted octanol–water partition coefficient (Wildman–Crippen LogP) is 3.60. The molecule has 1 aromatic carbocycles. The van der Waals surface area contributed by atoms with E-state index < -0.39 is 5.60 Å². The highest BCUT2D eigenvalue weighted by Crippen LogP contribution is 2.78. The summed E-state index contributed by atoms with van der Waals surface area (Å²) in [4.78, 5) is 11.3. The van der Waals surface area contributed by atoms with Crippen molar-refractivity contribution in [3.63, 3.8) is 0 Å². The van der Waals surface area contributed by atoms with Crippen LogP contribution in [-0.4, -0.2) is 43.5 Å². The first-order chi connectivity index (χ1) is 15.3. The summed E-state index contributed by atoms with van der Waals surface area (Å²) >= 11 is 0. The summed E-state index contributed by atoms with van der Waals surface area (Å²) in [5.41, 5.74) is 1.28. The molecule has 1 N–H and O–H groups in total. The van der Waals surface area contributed by atoms with Crippen molar-refractivity contribution in [2.45, 2.75) is 51.0 Å². The molecule has 2 aliphatic carbocycles. The number of rotatable bonds is 3. The number of aromatic nitrogens is 4. The van der Waals surface area contributed by atoms with Gasteiger partial charge in [0, 0.05) is 36.4 Å². The smallest absolute Gasteiger partial charge is 0.159 e. The number of benzene rings is 1. The second-order valence-electron chi connectivity index (χ2n) is 10.5. The number of hydrogen-bond donors (Lipinski definition) is 1. The van der Waals surface area contributed by atoms with Gasteiger partial charge in [0.25, 0.3) is 0 Å². The van der Waals surface area contributed by atoms with E-state index in [4.69, 9.17) is 0 Å². The molecule has 0 amide bonds. The molecule has 3 aliphatic rings. The van der Waals surface area contributed by atoms with Crippen LogP contribution < -0.4 is 4.90 Å². The molecule has 0 bridgehead atoms. The Morgan fingerprint density at radius 3 is 2.47 bits per heavy atom. The molecule has 1 saturated heterocycles. The maximum atomic E-state index is 10.8. The Bertz CT molecular complexity index is 1250. The molecule has 1 unspecified atom stereocenters. The Morgan fingerprint density at radius 1 is 1.09 bits per heavy atom. The third-order valence-electron chi connectivity index (χ3n) is 8.66. The SMILES string of the molecule is C[C@@H]1CN(c2cc(-n3ncc4ccc([C@]5(C#N)CC56CC6)cc43)ncn2)C[C@H](C)C1(C)O. The van der Waals surface area contributed by atoms with E-state index in [0.29, 0.717) is 5.82 Å². The predicted molar refractivity (Wildman–Crippen MR) is 121 cm³/mol. The van der Waals surface area contributed by atoms with Crippen LogP contribution in [0, 0.1) is 28.6 Å². The second-order valence-corrected chi connectivity index (χ2v) is 10.5. The number of piperidine rings is 1. The summed E-state index contributed by atoms with van der Waals surface area (Å²) in [6.07, 6.45) is 6.73. The van der Waals surface area contributed by atoms with Crippen LogP contribution >= 0.6 is 0 Å². The molecule has 0 radical (unpaired) electrons. The van der Waals surface area contributed by atoms with Crippen LogP contribution in [-0.2, 0) is 5.41 Å². The molecule has 32 heavy (non-hydrogen) atoms. The van der Waals surface area contributed by atoms with Gasteiger partial charge >= 0.3 is 0 Å². The summed E-state index contributed by atoms with van der Waals surface area (Å²) in [5, 5.41) is 26.3. The molecule has 1 aliphatic heterocycles. The van der Waals surface area contributed by atoms with E-state index in [2.05, 4.69) is 58.1 Å². The average molecular weight is 429 g/mol. The quantitative estimate of drug-likeness (QED) is 0.685. The lowest BCUT2D eigenvalue weighted by Gasteiger charge is -2.46. The lowest BCUT2D eigenvalue weighted by Crippen LogP contribution is -2.55. The van der Waals surface area contributed by atoms with Crippen LogP contribution in [0.15, 0.2) is 36.8 Å². The van der Waals surface area contributed by atoms with Crippen molar-refractivity contribution >= 4 is 16.7 Å². The second kappa shape index (κ2) is 6.29. The molecule has 7 heteroatoms. The van der Waals surface area contributed by atoms with E-state index in [9.17, 15) is 10.4 Å². The summed E-state index contributed by atoms with van der Waals surface area (Å²) in [7, 11) is 0. The third kappa shape index (κ3) is 2.59. The molecular weight excluding hydrogens is 400 g/mol. The highest BCUT2D eigenvalue weighted by atomic mass is 16.3. The molecule has 2 saturated carbocycles. The Morgan fingerprint density at radius 2 is 1.81 bits per heavy atom. The van der Waals surface area contributed by atoms with Crippen LogP contribution in [0.2, 0.25) is 0 Å². The number of nitrogens with zero attached hydrogens (tertiary/aromatic N) is 6. The molecular formula is C25H28N6O. The molecule has 2 aromatic heterocycles. The van der Waals surface area contributed by atoms with E-state index in [0.717, 1.165) is 54.6 Å². The normalized spacial score (nSPS) is 32.8. The zero-order chi connectivity index (χ0) is 22.3. The standard InChI is InChI=1S/C25H28N6O/c1-16-11-30(12-17(2)23(16,3)32)21-9-22(28-15-27-21)31-20-8-19(5-4-18(20)10-29-31)25(14-26)13-24(25)6-7-24/h4-5,8-10,15-17,32H,6-7,11-13H2,1-3H3/t16-,17+,23?,25-/m1/s1. The fourth-order valence-electron chi connectivity index (χ4n) is 5.72. The highest BCUT2D eigenvalue weighted by molar-refractivity contribution is 5.82. The van der Waals surface area contributed by atoms with E-state index in [1.807, 2.05) is 23.9 Å². The van der Waals surface area contributed by atoms with Crippen LogP contribution in [0.25, 0.3) is 16.7 Å². The minimum atomic E-state index is -0.681. The first-order valence-corrected chi connectivity index (χ1v) is 11.5. The maximum absolute atomic E-state index is 10.8. The fraction of sp³-hybridized carbons (Fsp3) is 0.520. The van der Waals surface area contributed by atoms with Gasteiger partial charge in [-0.25, -0.2) is 14.6 Å². The van der Waals surface area contributed by atoms with Crippen molar-refractivity contribution in [2.24, 2.45) is 17.3 Å². The molecule has 4 atom stereocenters. The summed E-state index contributed by atoms with van der Waals surface area (Å²) < 4.78 is 1.85. The zero-order valence-electron chi connectivity index (χ0n) is 18.8. The minimum absolute atomic E-state index is 0.133. The van der Waals surface area contributed by atoms with Crippen molar-refractivity contribution in [1.82, 2.24) is 19.7 Å². The Hall–Kier alpha value is -2.98. The monoisotopic (exact) mass is 428 g/mol. The lowest BCUT2D eigenvalue weighted by molar-refractivity contribution is -0.0504. The minimum Gasteiger partial charge on any atom is -0.389 e. The van der Waals surface area contributed by atoms with Crippen molar-refractivity contribution in [3.8, 4) is 11.9 Å². The van der Waals surface area contributed by atoms with Gasteiger partial charge in [-0.2, -0.15) is 10.4 Å². The topological polar surface area (TPSA) is 90.9 Å². The molecule has 3 aromatic rings. The van der Waals surface area contributed by atoms with Gasteiger partial charge in [0.1, 0.15) is 12.1 Å². The number of hydrogen-bond acceptors (Lipinski definition) is 6. The van der Waals surface area contributed by atoms with Crippen LogP contribution in [0.3, 0.4) is 0 Å². The Balaban J connectivity index is 1.37. The summed E-state index contributed by atoms with van der Waals surface area (Å²) in [6, 6.07) is 10.9. The van der Waals surface area contributed by atoms with Crippen LogP contribution in [0.4, 0.5) is 5.82 Å². The van der Waals surface area contributed by atoms with Crippen molar-refractivity contribution in [2.75, 3.05) is 18.0 Å². The third-order valence-corrected chi connectivity index (χ3v) is 8.66. The first-order valence-electron chi connectivity index (χ1n) is 11.5. The van der Waals surface area contributed by atoms with Gasteiger partial charge < -0.3 is 10.0 Å². The molecule has 3 fully saturated rings. The largest absolute Gasteiger partial charge is 0.389 e. The molecule has 7 nitrogen and oxygen atoms in total. The van der Waals surface area contributed by atoms with E-state index in [-0.39, 0.29) is 22.7 Å². The van der Waals surface area contributed by atoms with Crippen molar-refractivity contribution in [3.05, 3.63) is 42.4 Å².